The number of amides is 1. The number of amidine groups is 1. The summed E-state index contributed by atoms with van der Waals surface area (Å²) in [5.74, 6) is -0.690. The van der Waals surface area contributed by atoms with E-state index in [1.807, 2.05) is 0 Å². The van der Waals surface area contributed by atoms with Crippen molar-refractivity contribution in [3.05, 3.63) is 35.4 Å². The molecule has 0 spiro atoms. The van der Waals surface area contributed by atoms with Crippen LogP contribution in [0.2, 0.25) is 0 Å². The smallest absolute Gasteiger partial charge is 0.416 e. The van der Waals surface area contributed by atoms with Crippen LogP contribution in [0.15, 0.2) is 29.3 Å². The predicted molar refractivity (Wildman–Crippen MR) is 98.4 cm³/mol. The Labute approximate surface area is 162 Å². The summed E-state index contributed by atoms with van der Waals surface area (Å²) < 4.78 is 49.3. The van der Waals surface area contributed by atoms with Gasteiger partial charge in [-0.25, -0.2) is 4.99 Å². The van der Waals surface area contributed by atoms with Gasteiger partial charge in [0, 0.05) is 18.5 Å². The summed E-state index contributed by atoms with van der Waals surface area (Å²) in [6.07, 6.45) is -3.94. The lowest BCUT2D eigenvalue weighted by Gasteiger charge is -2.23. The number of nitrogens with one attached hydrogen (secondary N) is 2. The van der Waals surface area contributed by atoms with Crippen molar-refractivity contribution in [1.82, 2.24) is 5.32 Å². The van der Waals surface area contributed by atoms with Crippen molar-refractivity contribution in [1.29, 1.82) is 0 Å². The van der Waals surface area contributed by atoms with Crippen LogP contribution in [0.5, 0.6) is 0 Å². The molecule has 0 atom stereocenters. The Kier molecular flexibility index (Phi) is 8.25. The lowest BCUT2D eigenvalue weighted by molar-refractivity contribution is -0.908. The van der Waals surface area contributed by atoms with Crippen molar-refractivity contribution in [3.8, 4) is 0 Å². The van der Waals surface area contributed by atoms with Gasteiger partial charge in [-0.15, -0.1) is 0 Å². The number of carbonyl (C=O) groups is 1. The molecule has 156 valence electrons. The van der Waals surface area contributed by atoms with Crippen molar-refractivity contribution in [2.75, 3.05) is 39.4 Å². The minimum Gasteiger partial charge on any atom is -0.462 e. The Hall–Kier alpha value is -2.13. The van der Waals surface area contributed by atoms with E-state index in [1.54, 1.807) is 13.8 Å². The predicted octanol–water partition coefficient (Wildman–Crippen LogP) is 1.52. The summed E-state index contributed by atoms with van der Waals surface area (Å²) >= 11 is 0. The molecule has 2 rings (SSSR count). The van der Waals surface area contributed by atoms with Gasteiger partial charge in [-0.1, -0.05) is 6.07 Å². The topological polar surface area (TPSA) is 64.4 Å². The van der Waals surface area contributed by atoms with Gasteiger partial charge in [-0.2, -0.15) is 13.2 Å². The molecule has 1 heterocycles. The number of aliphatic imine (C=N–C) groups is 1. The fourth-order valence-corrected chi connectivity index (χ4v) is 2.76. The second-order valence-corrected chi connectivity index (χ2v) is 6.85. The van der Waals surface area contributed by atoms with Gasteiger partial charge in [0.1, 0.15) is 13.1 Å². The number of carbonyl (C=O) groups excluding carboxylic acids is 1. The van der Waals surface area contributed by atoms with E-state index in [4.69, 9.17) is 9.47 Å². The minimum atomic E-state index is -4.51. The van der Waals surface area contributed by atoms with Gasteiger partial charge in [0.25, 0.3) is 11.9 Å². The maximum Gasteiger partial charge on any atom is 0.416 e. The Balaban J connectivity index is 1.95. The molecule has 0 unspecified atom stereocenters. The van der Waals surface area contributed by atoms with Crippen molar-refractivity contribution in [3.63, 3.8) is 0 Å². The van der Waals surface area contributed by atoms with Gasteiger partial charge >= 0.3 is 6.18 Å². The number of benzene rings is 1. The molecular weight excluding hydrogens is 375 g/mol. The van der Waals surface area contributed by atoms with Crippen LogP contribution in [0.4, 0.5) is 13.2 Å². The average Bonchev–Trinajstić information content (AvgIpc) is 2.65. The Morgan fingerprint density at radius 2 is 2.04 bits per heavy atom. The van der Waals surface area contributed by atoms with E-state index in [9.17, 15) is 18.0 Å². The minimum absolute atomic E-state index is 0.0226. The first-order chi connectivity index (χ1) is 13.3. The number of ether oxygens (including phenoxy) is 2. The lowest BCUT2D eigenvalue weighted by Crippen LogP contribution is -3.14. The van der Waals surface area contributed by atoms with Crippen LogP contribution in [-0.2, 0) is 15.7 Å². The first-order valence-corrected chi connectivity index (χ1v) is 9.36. The van der Waals surface area contributed by atoms with Gasteiger partial charge in [-0.3, -0.25) is 10.1 Å². The molecule has 1 aromatic rings. The molecule has 1 saturated heterocycles. The largest absolute Gasteiger partial charge is 0.462 e. The molecule has 1 amide bonds. The molecule has 28 heavy (non-hydrogen) atoms. The van der Waals surface area contributed by atoms with E-state index in [-0.39, 0.29) is 17.7 Å². The number of quaternary nitrogens is 1. The SMILES string of the molecule is CC(C)OC(=NCCC[NH+]1CCOCC1)NC(=O)c1cccc(C(F)(F)F)c1. The van der Waals surface area contributed by atoms with E-state index < -0.39 is 17.6 Å². The molecule has 1 aliphatic heterocycles. The molecule has 2 N–H and O–H groups in total. The summed E-state index contributed by atoms with van der Waals surface area (Å²) in [6, 6.07) is 4.27. The molecule has 6 nitrogen and oxygen atoms in total. The van der Waals surface area contributed by atoms with Crippen LogP contribution in [0.3, 0.4) is 0 Å². The number of nitrogens with zero attached hydrogens (tertiary/aromatic N) is 1. The zero-order chi connectivity index (χ0) is 20.6. The Morgan fingerprint density at radius 3 is 2.68 bits per heavy atom. The number of rotatable bonds is 6. The van der Waals surface area contributed by atoms with Gasteiger partial charge in [0.05, 0.1) is 31.4 Å². The summed E-state index contributed by atoms with van der Waals surface area (Å²) in [7, 11) is 0. The lowest BCUT2D eigenvalue weighted by atomic mass is 10.1. The zero-order valence-corrected chi connectivity index (χ0v) is 16.1. The summed E-state index contributed by atoms with van der Waals surface area (Å²) in [5, 5.41) is 2.48. The highest BCUT2D eigenvalue weighted by molar-refractivity contribution is 6.04. The summed E-state index contributed by atoms with van der Waals surface area (Å²) in [6.45, 7) is 8.39. The number of alkyl halides is 3. The van der Waals surface area contributed by atoms with Crippen LogP contribution in [0, 0.1) is 0 Å². The molecule has 0 radical (unpaired) electrons. The molecule has 0 aliphatic carbocycles. The third kappa shape index (κ3) is 7.47. The highest BCUT2D eigenvalue weighted by Crippen LogP contribution is 2.29. The van der Waals surface area contributed by atoms with Crippen molar-refractivity contribution < 1.29 is 32.3 Å². The van der Waals surface area contributed by atoms with E-state index in [2.05, 4.69) is 10.3 Å². The molecule has 9 heteroatoms. The third-order valence-corrected chi connectivity index (χ3v) is 4.16. The maximum absolute atomic E-state index is 12.8. The number of halogens is 3. The fourth-order valence-electron chi connectivity index (χ4n) is 2.76. The molecule has 0 aromatic heterocycles. The van der Waals surface area contributed by atoms with E-state index in [0.29, 0.717) is 6.54 Å². The number of hydrogen-bond donors (Lipinski definition) is 2. The first-order valence-electron chi connectivity index (χ1n) is 9.36. The molecule has 0 bridgehead atoms. The fraction of sp³-hybridized carbons (Fsp3) is 0.579. The summed E-state index contributed by atoms with van der Waals surface area (Å²) in [4.78, 5) is 18.1. The highest BCUT2D eigenvalue weighted by atomic mass is 19.4. The highest BCUT2D eigenvalue weighted by Gasteiger charge is 2.31. The standard InChI is InChI=1S/C19H26F3N3O3/c1-14(2)28-18(23-7-4-8-25-9-11-27-12-10-25)24-17(26)15-5-3-6-16(13-15)19(20,21)22/h3,5-6,13-14H,4,7-12H2,1-2H3,(H,23,24,26)/p+1. The van der Waals surface area contributed by atoms with Crippen molar-refractivity contribution >= 4 is 11.9 Å². The van der Waals surface area contributed by atoms with Crippen LogP contribution in [0.25, 0.3) is 0 Å². The van der Waals surface area contributed by atoms with Crippen molar-refractivity contribution in [2.45, 2.75) is 32.5 Å². The number of morpholine rings is 1. The third-order valence-electron chi connectivity index (χ3n) is 4.16. The Bertz CT molecular complexity index is 672. The molecule has 1 fully saturated rings. The molecule has 0 saturated carbocycles. The van der Waals surface area contributed by atoms with E-state index in [0.717, 1.165) is 51.4 Å². The van der Waals surface area contributed by atoms with Crippen LogP contribution >= 0.6 is 0 Å². The molecule has 1 aliphatic rings. The quantitative estimate of drug-likeness (QED) is 0.431. The van der Waals surface area contributed by atoms with Crippen molar-refractivity contribution in [2.24, 2.45) is 4.99 Å². The second-order valence-electron chi connectivity index (χ2n) is 6.85. The molecule has 1 aromatic carbocycles. The van der Waals surface area contributed by atoms with Crippen LogP contribution in [0.1, 0.15) is 36.2 Å². The maximum atomic E-state index is 12.8. The van der Waals surface area contributed by atoms with Gasteiger partial charge in [0.2, 0.25) is 0 Å². The normalized spacial score (nSPS) is 16.3. The average molecular weight is 402 g/mol. The van der Waals surface area contributed by atoms with E-state index in [1.165, 1.54) is 17.0 Å². The Morgan fingerprint density at radius 1 is 1.32 bits per heavy atom. The van der Waals surface area contributed by atoms with Crippen LogP contribution < -0.4 is 10.2 Å². The second kappa shape index (κ2) is 10.4. The van der Waals surface area contributed by atoms with Gasteiger partial charge < -0.3 is 14.4 Å². The van der Waals surface area contributed by atoms with Crippen LogP contribution in [-0.4, -0.2) is 57.4 Å². The van der Waals surface area contributed by atoms with Gasteiger partial charge in [0.15, 0.2) is 0 Å². The van der Waals surface area contributed by atoms with E-state index >= 15 is 0 Å². The number of hydrogen-bond acceptors (Lipinski definition) is 4. The monoisotopic (exact) mass is 402 g/mol. The molecular formula is C19H27F3N3O3+. The summed E-state index contributed by atoms with van der Waals surface area (Å²) in [5.41, 5.74) is -0.982. The first kappa shape index (κ1) is 22.2. The van der Waals surface area contributed by atoms with Gasteiger partial charge in [-0.05, 0) is 32.0 Å². The zero-order valence-electron chi connectivity index (χ0n) is 16.1.